The van der Waals surface area contributed by atoms with Gasteiger partial charge >= 0.3 is 0 Å². The summed E-state index contributed by atoms with van der Waals surface area (Å²) in [5.74, 6) is 2.19. The topological polar surface area (TPSA) is 98.0 Å². The van der Waals surface area contributed by atoms with Gasteiger partial charge in [-0.05, 0) is 18.6 Å². The quantitative estimate of drug-likeness (QED) is 0.734. The molecule has 0 aliphatic heterocycles. The lowest BCUT2D eigenvalue weighted by Crippen LogP contribution is -2.08. The zero-order valence-corrected chi connectivity index (χ0v) is 11.6. The van der Waals surface area contributed by atoms with Gasteiger partial charge in [0.05, 0.1) is 7.11 Å². The van der Waals surface area contributed by atoms with Crippen LogP contribution in [-0.2, 0) is 6.54 Å². The Labute approximate surface area is 117 Å². The van der Waals surface area contributed by atoms with Crippen molar-refractivity contribution in [1.29, 1.82) is 0 Å². The normalized spacial score (nSPS) is 10.1. The van der Waals surface area contributed by atoms with Crippen molar-refractivity contribution < 1.29 is 4.74 Å². The molecule has 0 bridgehead atoms. The highest BCUT2D eigenvalue weighted by Crippen LogP contribution is 2.14. The number of anilines is 3. The summed E-state index contributed by atoms with van der Waals surface area (Å²) in [5, 5.41) is 6.30. The molecule has 7 heteroatoms. The number of aromatic nitrogens is 3. The predicted octanol–water partition coefficient (Wildman–Crippen LogP) is 1.51. The van der Waals surface area contributed by atoms with E-state index in [0.29, 0.717) is 24.1 Å². The molecule has 2 rings (SSSR count). The van der Waals surface area contributed by atoms with Crippen LogP contribution in [0, 0.1) is 0 Å². The van der Waals surface area contributed by atoms with Crippen molar-refractivity contribution in [2.45, 2.75) is 13.5 Å². The van der Waals surface area contributed by atoms with Crippen molar-refractivity contribution in [2.75, 3.05) is 30.0 Å². The van der Waals surface area contributed by atoms with Gasteiger partial charge in [0.2, 0.25) is 11.8 Å². The summed E-state index contributed by atoms with van der Waals surface area (Å²) in [4.78, 5) is 12.3. The number of nitrogens with one attached hydrogen (secondary N) is 2. The Hall–Kier alpha value is -2.57. The summed E-state index contributed by atoms with van der Waals surface area (Å²) < 4.78 is 5.08. The summed E-state index contributed by atoms with van der Waals surface area (Å²) in [5.41, 5.74) is 6.71. The van der Waals surface area contributed by atoms with Crippen LogP contribution in [0.4, 0.5) is 17.6 Å². The molecule has 0 aliphatic carbocycles. The molecule has 0 saturated heterocycles. The maximum absolute atomic E-state index is 5.67. The van der Waals surface area contributed by atoms with Gasteiger partial charge in [0.1, 0.15) is 11.6 Å². The Morgan fingerprint density at radius 3 is 2.65 bits per heavy atom. The van der Waals surface area contributed by atoms with Crippen LogP contribution in [0.2, 0.25) is 0 Å². The number of rotatable bonds is 6. The maximum atomic E-state index is 5.67. The fraction of sp³-hybridized carbons (Fsp3) is 0.308. The Bertz CT molecular complexity index is 575. The molecule has 0 spiro atoms. The first-order valence-corrected chi connectivity index (χ1v) is 6.32. The van der Waals surface area contributed by atoms with Gasteiger partial charge in [-0.25, -0.2) is 4.98 Å². The standard InChI is InChI=1S/C13H18N6O/c1-3-15-10-7-11(19-13(14)18-10)17-8-9-4-5-16-12(6-9)20-2/h4-7H,3,8H2,1-2H3,(H4,14,15,17,18,19). The van der Waals surface area contributed by atoms with Crippen LogP contribution in [0.15, 0.2) is 24.4 Å². The summed E-state index contributed by atoms with van der Waals surface area (Å²) in [7, 11) is 1.59. The number of nitrogens with zero attached hydrogens (tertiary/aromatic N) is 3. The van der Waals surface area contributed by atoms with Gasteiger partial charge < -0.3 is 21.1 Å². The fourth-order valence-electron chi connectivity index (χ4n) is 1.69. The molecule has 0 aliphatic rings. The molecule has 2 heterocycles. The smallest absolute Gasteiger partial charge is 0.223 e. The molecule has 0 unspecified atom stereocenters. The van der Waals surface area contributed by atoms with Gasteiger partial charge in [0.25, 0.3) is 0 Å². The molecule has 0 radical (unpaired) electrons. The third-order valence-electron chi connectivity index (χ3n) is 2.58. The molecule has 7 nitrogen and oxygen atoms in total. The second kappa shape index (κ2) is 6.55. The van der Waals surface area contributed by atoms with Crippen LogP contribution >= 0.6 is 0 Å². The lowest BCUT2D eigenvalue weighted by Gasteiger charge is -2.09. The molecular weight excluding hydrogens is 256 g/mol. The summed E-state index contributed by atoms with van der Waals surface area (Å²) in [6, 6.07) is 5.59. The Kier molecular flexibility index (Phi) is 4.54. The average Bonchev–Trinajstić information content (AvgIpc) is 2.45. The number of nitrogen functional groups attached to an aromatic ring is 1. The van der Waals surface area contributed by atoms with Crippen molar-refractivity contribution in [3.8, 4) is 5.88 Å². The van der Waals surface area contributed by atoms with E-state index in [9.17, 15) is 0 Å². The maximum Gasteiger partial charge on any atom is 0.223 e. The summed E-state index contributed by atoms with van der Waals surface area (Å²) in [6.45, 7) is 3.37. The first-order chi connectivity index (χ1) is 9.71. The van der Waals surface area contributed by atoms with E-state index in [4.69, 9.17) is 10.5 Å². The molecule has 20 heavy (non-hydrogen) atoms. The van der Waals surface area contributed by atoms with Crippen molar-refractivity contribution in [3.63, 3.8) is 0 Å². The van der Waals surface area contributed by atoms with Crippen LogP contribution in [0.25, 0.3) is 0 Å². The molecule has 0 saturated carbocycles. The van der Waals surface area contributed by atoms with Crippen LogP contribution in [0.1, 0.15) is 12.5 Å². The predicted molar refractivity (Wildman–Crippen MR) is 78.7 cm³/mol. The molecule has 2 aromatic heterocycles. The number of methoxy groups -OCH3 is 1. The van der Waals surface area contributed by atoms with Crippen molar-refractivity contribution in [2.24, 2.45) is 0 Å². The molecule has 0 atom stereocenters. The second-order valence-corrected chi connectivity index (χ2v) is 4.09. The van der Waals surface area contributed by atoms with E-state index in [2.05, 4.69) is 25.6 Å². The molecule has 2 aromatic rings. The van der Waals surface area contributed by atoms with Gasteiger partial charge in [0, 0.05) is 31.4 Å². The minimum absolute atomic E-state index is 0.234. The molecular formula is C13H18N6O. The van der Waals surface area contributed by atoms with Crippen LogP contribution < -0.4 is 21.1 Å². The van der Waals surface area contributed by atoms with Gasteiger partial charge in [-0.1, -0.05) is 0 Å². The molecule has 0 fully saturated rings. The van der Waals surface area contributed by atoms with Crippen LogP contribution in [0.5, 0.6) is 5.88 Å². The monoisotopic (exact) mass is 274 g/mol. The molecule has 4 N–H and O–H groups in total. The van der Waals surface area contributed by atoms with Gasteiger partial charge in [-0.2, -0.15) is 9.97 Å². The van der Waals surface area contributed by atoms with Gasteiger partial charge in [-0.15, -0.1) is 0 Å². The number of hydrogen-bond acceptors (Lipinski definition) is 7. The van der Waals surface area contributed by atoms with Crippen molar-refractivity contribution in [3.05, 3.63) is 30.0 Å². The highest BCUT2D eigenvalue weighted by Gasteiger charge is 2.02. The van der Waals surface area contributed by atoms with E-state index in [1.165, 1.54) is 0 Å². The number of nitrogens with two attached hydrogens (primary N) is 1. The fourth-order valence-corrected chi connectivity index (χ4v) is 1.69. The second-order valence-electron chi connectivity index (χ2n) is 4.09. The lowest BCUT2D eigenvalue weighted by molar-refractivity contribution is 0.397. The van der Waals surface area contributed by atoms with Crippen molar-refractivity contribution >= 4 is 17.6 Å². The number of pyridine rings is 1. The SMILES string of the molecule is CCNc1cc(NCc2ccnc(OC)c2)nc(N)n1. The van der Waals surface area contributed by atoms with Gasteiger partial charge in [-0.3, -0.25) is 0 Å². The summed E-state index contributed by atoms with van der Waals surface area (Å²) >= 11 is 0. The van der Waals surface area contributed by atoms with E-state index in [1.807, 2.05) is 25.1 Å². The van der Waals surface area contributed by atoms with E-state index in [0.717, 1.165) is 12.1 Å². The zero-order valence-electron chi connectivity index (χ0n) is 11.6. The highest BCUT2D eigenvalue weighted by molar-refractivity contribution is 5.51. The van der Waals surface area contributed by atoms with Gasteiger partial charge in [0.15, 0.2) is 0 Å². The molecule has 106 valence electrons. The third-order valence-corrected chi connectivity index (χ3v) is 2.58. The summed E-state index contributed by atoms with van der Waals surface area (Å²) in [6.07, 6.45) is 1.70. The Morgan fingerprint density at radius 1 is 1.20 bits per heavy atom. The highest BCUT2D eigenvalue weighted by atomic mass is 16.5. The first kappa shape index (κ1) is 13.9. The zero-order chi connectivity index (χ0) is 14.4. The average molecular weight is 274 g/mol. The van der Waals surface area contributed by atoms with Crippen molar-refractivity contribution in [1.82, 2.24) is 15.0 Å². The minimum atomic E-state index is 0.234. The number of ether oxygens (including phenoxy) is 1. The largest absolute Gasteiger partial charge is 0.481 e. The minimum Gasteiger partial charge on any atom is -0.481 e. The molecule has 0 aromatic carbocycles. The van der Waals surface area contributed by atoms with E-state index < -0.39 is 0 Å². The van der Waals surface area contributed by atoms with Crippen LogP contribution in [0.3, 0.4) is 0 Å². The van der Waals surface area contributed by atoms with E-state index >= 15 is 0 Å². The van der Waals surface area contributed by atoms with E-state index in [-0.39, 0.29) is 5.95 Å². The third kappa shape index (κ3) is 3.71. The van der Waals surface area contributed by atoms with Crippen LogP contribution in [-0.4, -0.2) is 28.6 Å². The first-order valence-electron chi connectivity index (χ1n) is 6.32. The lowest BCUT2D eigenvalue weighted by atomic mass is 10.2. The molecule has 0 amide bonds. The number of hydrogen-bond donors (Lipinski definition) is 3. The Balaban J connectivity index is 2.06. The van der Waals surface area contributed by atoms with E-state index in [1.54, 1.807) is 13.3 Å². The Morgan fingerprint density at radius 2 is 1.95 bits per heavy atom.